The van der Waals surface area contributed by atoms with Crippen molar-refractivity contribution < 1.29 is 9.47 Å². The molecule has 25 heavy (non-hydrogen) atoms. The summed E-state index contributed by atoms with van der Waals surface area (Å²) in [4.78, 5) is 0. The molecule has 2 aliphatic rings. The summed E-state index contributed by atoms with van der Waals surface area (Å²) in [5.41, 5.74) is 6.26. The predicted octanol–water partition coefficient (Wildman–Crippen LogP) is 4.92. The lowest BCUT2D eigenvalue weighted by Crippen LogP contribution is -2.03. The fourth-order valence-electron chi connectivity index (χ4n) is 3.52. The predicted molar refractivity (Wildman–Crippen MR) is 97.1 cm³/mol. The van der Waals surface area contributed by atoms with Crippen LogP contribution >= 0.6 is 0 Å². The zero-order chi connectivity index (χ0) is 16.8. The van der Waals surface area contributed by atoms with Gasteiger partial charge in [-0.2, -0.15) is 0 Å². The van der Waals surface area contributed by atoms with Crippen LogP contribution in [0, 0.1) is 13.0 Å². The SMILES string of the molecule is Cc1[c]cc(-c2ccc(C3CC3)cc2)n1Cc1ccc2c(c1)OCO2. The smallest absolute Gasteiger partial charge is 0.231 e. The maximum atomic E-state index is 5.51. The lowest BCUT2D eigenvalue weighted by Gasteiger charge is -2.13. The van der Waals surface area contributed by atoms with Crippen molar-refractivity contribution in [3.05, 3.63) is 71.4 Å². The lowest BCUT2D eigenvalue weighted by molar-refractivity contribution is 0.174. The van der Waals surface area contributed by atoms with Crippen molar-refractivity contribution in [2.75, 3.05) is 6.79 Å². The van der Waals surface area contributed by atoms with E-state index in [-0.39, 0.29) is 0 Å². The van der Waals surface area contributed by atoms with Crippen LogP contribution in [-0.2, 0) is 6.54 Å². The summed E-state index contributed by atoms with van der Waals surface area (Å²) < 4.78 is 13.2. The Morgan fingerprint density at radius 1 is 1.04 bits per heavy atom. The highest BCUT2D eigenvalue weighted by Gasteiger charge is 2.23. The number of fused-ring (bicyclic) bond motifs is 1. The molecule has 1 aliphatic heterocycles. The number of ether oxygens (including phenoxy) is 2. The van der Waals surface area contributed by atoms with Crippen molar-refractivity contribution >= 4 is 0 Å². The maximum Gasteiger partial charge on any atom is 0.231 e. The molecule has 3 heteroatoms. The first kappa shape index (κ1) is 14.6. The van der Waals surface area contributed by atoms with Crippen LogP contribution in [0.1, 0.15) is 35.6 Å². The highest BCUT2D eigenvalue weighted by Crippen LogP contribution is 2.40. The van der Waals surface area contributed by atoms with E-state index < -0.39 is 0 Å². The van der Waals surface area contributed by atoms with E-state index >= 15 is 0 Å². The Balaban J connectivity index is 1.46. The number of aryl methyl sites for hydroxylation is 1. The van der Waals surface area contributed by atoms with Crippen LogP contribution in [0.5, 0.6) is 11.5 Å². The van der Waals surface area contributed by atoms with E-state index in [0.29, 0.717) is 6.79 Å². The molecule has 0 amide bonds. The number of nitrogens with zero attached hydrogens (tertiary/aromatic N) is 1. The van der Waals surface area contributed by atoms with Gasteiger partial charge in [0, 0.05) is 24.0 Å². The molecule has 0 unspecified atom stereocenters. The third kappa shape index (κ3) is 2.70. The van der Waals surface area contributed by atoms with Gasteiger partial charge in [0.05, 0.1) is 0 Å². The van der Waals surface area contributed by atoms with Crippen molar-refractivity contribution in [3.63, 3.8) is 0 Å². The summed E-state index contributed by atoms with van der Waals surface area (Å²) in [5, 5.41) is 0. The minimum atomic E-state index is 0.313. The van der Waals surface area contributed by atoms with Gasteiger partial charge in [0.25, 0.3) is 0 Å². The molecule has 0 atom stereocenters. The molecule has 0 saturated heterocycles. The van der Waals surface area contributed by atoms with Crippen LogP contribution in [0.2, 0.25) is 0 Å². The maximum absolute atomic E-state index is 5.51. The molecule has 0 spiro atoms. The van der Waals surface area contributed by atoms with Crippen molar-refractivity contribution in [2.24, 2.45) is 0 Å². The first-order chi connectivity index (χ1) is 12.3. The Morgan fingerprint density at radius 2 is 1.84 bits per heavy atom. The van der Waals surface area contributed by atoms with Crippen molar-refractivity contribution in [1.29, 1.82) is 0 Å². The zero-order valence-corrected chi connectivity index (χ0v) is 14.3. The molecule has 2 heterocycles. The molecule has 3 nitrogen and oxygen atoms in total. The number of rotatable bonds is 4. The summed E-state index contributed by atoms with van der Waals surface area (Å²) >= 11 is 0. The Bertz CT molecular complexity index is 920. The average molecular weight is 330 g/mol. The minimum Gasteiger partial charge on any atom is -0.454 e. The van der Waals surface area contributed by atoms with Crippen molar-refractivity contribution in [3.8, 4) is 22.8 Å². The molecule has 1 saturated carbocycles. The Morgan fingerprint density at radius 3 is 2.64 bits per heavy atom. The number of benzene rings is 2. The van der Waals surface area contributed by atoms with E-state index in [0.717, 1.165) is 29.7 Å². The van der Waals surface area contributed by atoms with Gasteiger partial charge >= 0.3 is 0 Å². The number of aromatic nitrogens is 1. The summed E-state index contributed by atoms with van der Waals surface area (Å²) in [7, 11) is 0. The largest absolute Gasteiger partial charge is 0.454 e. The van der Waals surface area contributed by atoms with E-state index in [1.807, 2.05) is 6.07 Å². The topological polar surface area (TPSA) is 23.4 Å². The van der Waals surface area contributed by atoms with Crippen LogP contribution in [0.15, 0.2) is 48.5 Å². The highest BCUT2D eigenvalue weighted by molar-refractivity contribution is 5.61. The van der Waals surface area contributed by atoms with E-state index in [4.69, 9.17) is 9.47 Å². The molecule has 2 aromatic carbocycles. The van der Waals surface area contributed by atoms with Gasteiger partial charge in [-0.3, -0.25) is 0 Å². The summed E-state index contributed by atoms with van der Waals surface area (Å²) in [5.74, 6) is 2.46. The average Bonchev–Trinajstić information content (AvgIpc) is 3.28. The van der Waals surface area contributed by atoms with Gasteiger partial charge in [0.15, 0.2) is 11.5 Å². The zero-order valence-electron chi connectivity index (χ0n) is 14.3. The van der Waals surface area contributed by atoms with Crippen LogP contribution in [-0.4, -0.2) is 11.4 Å². The van der Waals surface area contributed by atoms with Crippen LogP contribution in [0.3, 0.4) is 0 Å². The Labute approximate surface area is 147 Å². The van der Waals surface area contributed by atoms with E-state index in [1.165, 1.54) is 35.2 Å². The molecule has 0 N–H and O–H groups in total. The molecule has 0 bridgehead atoms. The summed E-state index contributed by atoms with van der Waals surface area (Å²) in [6, 6.07) is 20.7. The van der Waals surface area contributed by atoms with E-state index in [9.17, 15) is 0 Å². The van der Waals surface area contributed by atoms with Crippen LogP contribution in [0.4, 0.5) is 0 Å². The molecular formula is C22H20NO2. The second-order valence-electron chi connectivity index (χ2n) is 6.93. The summed E-state index contributed by atoms with van der Waals surface area (Å²) in [6.07, 6.45) is 2.68. The van der Waals surface area contributed by atoms with Gasteiger partial charge in [-0.15, -0.1) is 0 Å². The van der Waals surface area contributed by atoms with Crippen LogP contribution < -0.4 is 9.47 Å². The monoisotopic (exact) mass is 330 g/mol. The lowest BCUT2D eigenvalue weighted by atomic mass is 10.1. The molecule has 1 radical (unpaired) electrons. The molecule has 1 fully saturated rings. The van der Waals surface area contributed by atoms with Gasteiger partial charge in [0.1, 0.15) is 0 Å². The fourth-order valence-corrected chi connectivity index (χ4v) is 3.52. The fraction of sp³-hybridized carbons (Fsp3) is 0.273. The third-order valence-electron chi connectivity index (χ3n) is 5.15. The molecule has 1 aliphatic carbocycles. The normalized spacial score (nSPS) is 15.6. The molecule has 1 aromatic heterocycles. The molecule has 125 valence electrons. The van der Waals surface area contributed by atoms with Crippen LogP contribution in [0.25, 0.3) is 11.3 Å². The minimum absolute atomic E-state index is 0.313. The van der Waals surface area contributed by atoms with Gasteiger partial charge in [-0.05, 0) is 60.6 Å². The number of hydrogen-bond donors (Lipinski definition) is 0. The van der Waals surface area contributed by atoms with Crippen molar-refractivity contribution in [2.45, 2.75) is 32.2 Å². The molecular weight excluding hydrogens is 310 g/mol. The highest BCUT2D eigenvalue weighted by atomic mass is 16.7. The third-order valence-corrected chi connectivity index (χ3v) is 5.15. The quantitative estimate of drug-likeness (QED) is 0.678. The van der Waals surface area contributed by atoms with Gasteiger partial charge in [0.2, 0.25) is 6.79 Å². The van der Waals surface area contributed by atoms with E-state index in [2.05, 4.69) is 60.0 Å². The number of hydrogen-bond acceptors (Lipinski definition) is 2. The molecule has 5 rings (SSSR count). The summed E-state index contributed by atoms with van der Waals surface area (Å²) in [6.45, 7) is 3.22. The first-order valence-electron chi connectivity index (χ1n) is 8.84. The van der Waals surface area contributed by atoms with Gasteiger partial charge in [-0.25, -0.2) is 0 Å². The van der Waals surface area contributed by atoms with Crippen molar-refractivity contribution in [1.82, 2.24) is 4.57 Å². The second kappa shape index (κ2) is 5.69. The van der Waals surface area contributed by atoms with E-state index in [1.54, 1.807) is 0 Å². The first-order valence-corrected chi connectivity index (χ1v) is 8.84. The Hall–Kier alpha value is -2.68. The molecule has 3 aromatic rings. The van der Waals surface area contributed by atoms with Gasteiger partial charge < -0.3 is 14.0 Å². The van der Waals surface area contributed by atoms with Gasteiger partial charge in [-0.1, -0.05) is 30.3 Å². The Kier molecular flexibility index (Phi) is 3.34. The second-order valence-corrected chi connectivity index (χ2v) is 6.93. The standard InChI is InChI=1S/C22H20NO2/c1-15-2-10-20(19-8-6-18(7-9-19)17-4-5-17)23(15)13-16-3-11-21-22(12-16)25-14-24-21/h3,6-12,17H,4-5,13-14H2,1H3.